The Bertz CT molecular complexity index is 221. The van der Waals surface area contributed by atoms with Crippen molar-refractivity contribution in [2.45, 2.75) is 20.3 Å². The van der Waals surface area contributed by atoms with Gasteiger partial charge < -0.3 is 4.74 Å². The molecule has 60 valence electrons. The molecule has 0 bridgehead atoms. The molecule has 1 heterocycles. The van der Waals surface area contributed by atoms with Crippen molar-refractivity contribution >= 4 is 0 Å². The lowest BCUT2D eigenvalue weighted by atomic mass is 10.2. The molecule has 0 aliphatic carbocycles. The van der Waals surface area contributed by atoms with Crippen LogP contribution in [0.5, 0.6) is 0 Å². The highest BCUT2D eigenvalue weighted by Crippen LogP contribution is 2.19. The van der Waals surface area contributed by atoms with Crippen molar-refractivity contribution in [2.24, 2.45) is 0 Å². The Hall–Kier alpha value is -0.980. The number of rotatable bonds is 2. The lowest BCUT2D eigenvalue weighted by Gasteiger charge is -1.96. The van der Waals surface area contributed by atoms with Crippen LogP contribution in [0, 0.1) is 0 Å². The first kappa shape index (κ1) is 8.12. The fourth-order valence-electron chi connectivity index (χ4n) is 0.969. The van der Waals surface area contributed by atoms with E-state index < -0.39 is 0 Å². The first-order valence-corrected chi connectivity index (χ1v) is 3.86. The lowest BCUT2D eigenvalue weighted by Crippen LogP contribution is -1.79. The van der Waals surface area contributed by atoms with Gasteiger partial charge in [0, 0.05) is 6.42 Å². The van der Waals surface area contributed by atoms with Gasteiger partial charge in [0.2, 0.25) is 0 Å². The molecular weight excluding hydrogens is 136 g/mol. The molecule has 1 aliphatic rings. The van der Waals surface area contributed by atoms with Crippen LogP contribution in [0.25, 0.3) is 0 Å². The Kier molecular flexibility index (Phi) is 2.53. The molecule has 0 radical (unpaired) electrons. The summed E-state index contributed by atoms with van der Waals surface area (Å²) < 4.78 is 5.37. The highest BCUT2D eigenvalue weighted by molar-refractivity contribution is 5.26. The second-order valence-corrected chi connectivity index (χ2v) is 2.92. The molecule has 0 atom stereocenters. The normalized spacial score (nSPS) is 17.6. The van der Waals surface area contributed by atoms with E-state index in [1.165, 1.54) is 5.57 Å². The van der Waals surface area contributed by atoms with Crippen molar-refractivity contribution in [1.29, 1.82) is 0 Å². The van der Waals surface area contributed by atoms with E-state index in [9.17, 15) is 0 Å². The molecule has 0 saturated heterocycles. The van der Waals surface area contributed by atoms with Crippen LogP contribution in [-0.4, -0.2) is 6.61 Å². The third-order valence-electron chi connectivity index (χ3n) is 1.67. The third-order valence-corrected chi connectivity index (χ3v) is 1.67. The van der Waals surface area contributed by atoms with Crippen molar-refractivity contribution < 1.29 is 4.74 Å². The molecule has 0 fully saturated rings. The van der Waals surface area contributed by atoms with E-state index in [4.69, 9.17) is 4.74 Å². The van der Waals surface area contributed by atoms with Crippen molar-refractivity contribution in [3.63, 3.8) is 0 Å². The molecule has 1 nitrogen and oxygen atoms in total. The quantitative estimate of drug-likeness (QED) is 0.550. The Morgan fingerprint density at radius 1 is 1.64 bits per heavy atom. The van der Waals surface area contributed by atoms with Gasteiger partial charge in [-0.2, -0.15) is 0 Å². The van der Waals surface area contributed by atoms with Crippen LogP contribution < -0.4 is 0 Å². The number of allylic oxidation sites excluding steroid dienone is 3. The highest BCUT2D eigenvalue weighted by Gasteiger charge is 2.07. The third kappa shape index (κ3) is 2.26. The van der Waals surface area contributed by atoms with Crippen molar-refractivity contribution in [3.05, 3.63) is 35.6 Å². The van der Waals surface area contributed by atoms with Gasteiger partial charge in [-0.05, 0) is 25.5 Å². The van der Waals surface area contributed by atoms with Crippen LogP contribution in [0.4, 0.5) is 0 Å². The maximum absolute atomic E-state index is 5.37. The zero-order chi connectivity index (χ0) is 8.27. The van der Waals surface area contributed by atoms with Gasteiger partial charge in [-0.3, -0.25) is 0 Å². The lowest BCUT2D eigenvalue weighted by molar-refractivity contribution is 0.257. The molecule has 0 aromatic carbocycles. The topological polar surface area (TPSA) is 9.23 Å². The summed E-state index contributed by atoms with van der Waals surface area (Å²) in [7, 11) is 0. The first-order valence-electron chi connectivity index (χ1n) is 3.86. The maximum atomic E-state index is 5.37. The molecule has 0 spiro atoms. The fraction of sp³-hybridized carbons (Fsp3) is 0.400. The standard InChI is InChI=1S/C10H14O/c1-8(2)4-5-10-9(3)6-7-11-10/h4-5H,1,6-7H2,2-3H3/b5-4-. The molecule has 0 unspecified atom stereocenters. The van der Waals surface area contributed by atoms with Gasteiger partial charge in [0.05, 0.1) is 6.61 Å². The van der Waals surface area contributed by atoms with Crippen LogP contribution >= 0.6 is 0 Å². The van der Waals surface area contributed by atoms with Gasteiger partial charge in [0.25, 0.3) is 0 Å². The maximum Gasteiger partial charge on any atom is 0.118 e. The smallest absolute Gasteiger partial charge is 0.118 e. The van der Waals surface area contributed by atoms with Gasteiger partial charge in [0.1, 0.15) is 5.76 Å². The van der Waals surface area contributed by atoms with Crippen molar-refractivity contribution in [1.82, 2.24) is 0 Å². The zero-order valence-electron chi connectivity index (χ0n) is 7.18. The Morgan fingerprint density at radius 3 is 2.82 bits per heavy atom. The number of hydrogen-bond acceptors (Lipinski definition) is 1. The number of ether oxygens (including phenoxy) is 1. The summed E-state index contributed by atoms with van der Waals surface area (Å²) in [5.74, 6) is 1.02. The Balaban J connectivity index is 2.61. The molecule has 11 heavy (non-hydrogen) atoms. The van der Waals surface area contributed by atoms with Gasteiger partial charge >= 0.3 is 0 Å². The van der Waals surface area contributed by atoms with Crippen LogP contribution in [0.1, 0.15) is 20.3 Å². The van der Waals surface area contributed by atoms with E-state index >= 15 is 0 Å². The summed E-state index contributed by atoms with van der Waals surface area (Å²) in [6.07, 6.45) is 5.03. The summed E-state index contributed by atoms with van der Waals surface area (Å²) in [6.45, 7) is 8.69. The van der Waals surface area contributed by atoms with E-state index in [0.717, 1.165) is 24.4 Å². The fourth-order valence-corrected chi connectivity index (χ4v) is 0.969. The predicted octanol–water partition coefficient (Wildman–Crippen LogP) is 2.81. The monoisotopic (exact) mass is 150 g/mol. The van der Waals surface area contributed by atoms with E-state index in [0.29, 0.717) is 0 Å². The van der Waals surface area contributed by atoms with E-state index in [1.807, 2.05) is 19.1 Å². The SMILES string of the molecule is C=C(C)/C=C\C1=C(C)CCO1. The van der Waals surface area contributed by atoms with Crippen molar-refractivity contribution in [2.75, 3.05) is 6.61 Å². The Labute approximate surface area is 68.1 Å². The van der Waals surface area contributed by atoms with Gasteiger partial charge in [-0.25, -0.2) is 0 Å². The number of hydrogen-bond donors (Lipinski definition) is 0. The minimum atomic E-state index is 0.835. The zero-order valence-corrected chi connectivity index (χ0v) is 7.18. The molecule has 0 aromatic rings. The van der Waals surface area contributed by atoms with Crippen LogP contribution in [0.2, 0.25) is 0 Å². The summed E-state index contributed by atoms with van der Waals surface area (Å²) in [6, 6.07) is 0. The predicted molar refractivity (Wildman–Crippen MR) is 47.2 cm³/mol. The van der Waals surface area contributed by atoms with E-state index in [2.05, 4.69) is 13.5 Å². The van der Waals surface area contributed by atoms with Crippen molar-refractivity contribution in [3.8, 4) is 0 Å². The molecule has 0 N–H and O–H groups in total. The largest absolute Gasteiger partial charge is 0.493 e. The minimum Gasteiger partial charge on any atom is -0.493 e. The van der Waals surface area contributed by atoms with Gasteiger partial charge in [-0.1, -0.05) is 18.2 Å². The summed E-state index contributed by atoms with van der Waals surface area (Å²) in [5, 5.41) is 0. The average molecular weight is 150 g/mol. The van der Waals surface area contributed by atoms with Crippen LogP contribution in [0.15, 0.2) is 35.6 Å². The van der Waals surface area contributed by atoms with Crippen LogP contribution in [0.3, 0.4) is 0 Å². The van der Waals surface area contributed by atoms with Crippen LogP contribution in [-0.2, 0) is 4.74 Å². The second kappa shape index (κ2) is 3.42. The van der Waals surface area contributed by atoms with E-state index in [-0.39, 0.29) is 0 Å². The molecular formula is C10H14O. The van der Waals surface area contributed by atoms with E-state index in [1.54, 1.807) is 0 Å². The minimum absolute atomic E-state index is 0.835. The Morgan fingerprint density at radius 2 is 2.36 bits per heavy atom. The molecule has 0 amide bonds. The molecule has 0 saturated carbocycles. The average Bonchev–Trinajstić information content (AvgIpc) is 2.31. The summed E-state index contributed by atoms with van der Waals surface area (Å²) >= 11 is 0. The highest BCUT2D eigenvalue weighted by atomic mass is 16.5. The molecule has 1 heteroatoms. The molecule has 1 rings (SSSR count). The van der Waals surface area contributed by atoms with Gasteiger partial charge in [-0.15, -0.1) is 0 Å². The van der Waals surface area contributed by atoms with Gasteiger partial charge in [0.15, 0.2) is 0 Å². The first-order chi connectivity index (χ1) is 5.20. The summed E-state index contributed by atoms with van der Waals surface area (Å²) in [5.41, 5.74) is 2.39. The molecule has 0 aromatic heterocycles. The second-order valence-electron chi connectivity index (χ2n) is 2.92. The summed E-state index contributed by atoms with van der Waals surface area (Å²) in [4.78, 5) is 0. The molecule has 1 aliphatic heterocycles.